The lowest BCUT2D eigenvalue weighted by Gasteiger charge is -2.20. The Morgan fingerprint density at radius 3 is 2.30 bits per heavy atom. The minimum absolute atomic E-state index is 0.787. The zero-order valence-corrected chi connectivity index (χ0v) is 11.8. The average Bonchev–Trinajstić information content (AvgIpc) is 2.53. The first-order valence-corrected chi connectivity index (χ1v) is 6.84. The molecule has 2 heteroatoms. The second-order valence-corrected chi connectivity index (χ2v) is 4.89. The fraction of sp³-hybridized carbons (Fsp3) is 0.222. The van der Waals surface area contributed by atoms with Crippen LogP contribution in [0.3, 0.4) is 0 Å². The van der Waals surface area contributed by atoms with E-state index in [4.69, 9.17) is 9.47 Å². The lowest BCUT2D eigenvalue weighted by atomic mass is 9.86. The SMILES string of the molecule is COc1cc2c(cc1OC)C(c1ccccc1)=CCC2. The number of hydrogen-bond donors (Lipinski definition) is 0. The van der Waals surface area contributed by atoms with Gasteiger partial charge in [-0.1, -0.05) is 36.4 Å². The Morgan fingerprint density at radius 2 is 1.60 bits per heavy atom. The van der Waals surface area contributed by atoms with E-state index in [2.05, 4.69) is 42.5 Å². The van der Waals surface area contributed by atoms with Crippen molar-refractivity contribution in [3.05, 3.63) is 65.2 Å². The molecule has 1 aliphatic carbocycles. The Balaban J connectivity index is 2.13. The first kappa shape index (κ1) is 12.8. The third kappa shape index (κ3) is 2.18. The van der Waals surface area contributed by atoms with Gasteiger partial charge in [0.15, 0.2) is 11.5 Å². The summed E-state index contributed by atoms with van der Waals surface area (Å²) in [4.78, 5) is 0. The molecular formula is C18H18O2. The van der Waals surface area contributed by atoms with Crippen molar-refractivity contribution in [2.45, 2.75) is 12.8 Å². The summed E-state index contributed by atoms with van der Waals surface area (Å²) in [5.74, 6) is 1.59. The van der Waals surface area contributed by atoms with Gasteiger partial charge in [-0.3, -0.25) is 0 Å². The van der Waals surface area contributed by atoms with Crippen LogP contribution in [-0.4, -0.2) is 14.2 Å². The van der Waals surface area contributed by atoms with Crippen LogP contribution in [-0.2, 0) is 6.42 Å². The van der Waals surface area contributed by atoms with Gasteiger partial charge in [-0.2, -0.15) is 0 Å². The minimum atomic E-state index is 0.787. The summed E-state index contributed by atoms with van der Waals surface area (Å²) in [5, 5.41) is 0. The second kappa shape index (κ2) is 5.41. The maximum atomic E-state index is 5.43. The summed E-state index contributed by atoms with van der Waals surface area (Å²) in [6.45, 7) is 0. The summed E-state index contributed by atoms with van der Waals surface area (Å²) in [5.41, 5.74) is 5.11. The number of methoxy groups -OCH3 is 2. The molecule has 0 unspecified atom stereocenters. The van der Waals surface area contributed by atoms with Gasteiger partial charge in [-0.05, 0) is 47.2 Å². The molecule has 0 N–H and O–H groups in total. The van der Waals surface area contributed by atoms with E-state index in [0.717, 1.165) is 24.3 Å². The van der Waals surface area contributed by atoms with Crippen molar-refractivity contribution in [3.63, 3.8) is 0 Å². The van der Waals surface area contributed by atoms with Crippen molar-refractivity contribution in [2.24, 2.45) is 0 Å². The highest BCUT2D eigenvalue weighted by Gasteiger charge is 2.17. The van der Waals surface area contributed by atoms with Gasteiger partial charge in [-0.15, -0.1) is 0 Å². The molecule has 20 heavy (non-hydrogen) atoms. The molecule has 0 amide bonds. The van der Waals surface area contributed by atoms with Crippen molar-refractivity contribution < 1.29 is 9.47 Å². The number of allylic oxidation sites excluding steroid dienone is 1. The van der Waals surface area contributed by atoms with Gasteiger partial charge in [0.25, 0.3) is 0 Å². The number of rotatable bonds is 3. The summed E-state index contributed by atoms with van der Waals surface area (Å²) in [7, 11) is 3.36. The van der Waals surface area contributed by atoms with E-state index in [1.165, 1.54) is 22.3 Å². The van der Waals surface area contributed by atoms with Crippen LogP contribution in [0.25, 0.3) is 5.57 Å². The van der Waals surface area contributed by atoms with E-state index in [-0.39, 0.29) is 0 Å². The zero-order chi connectivity index (χ0) is 13.9. The first-order valence-electron chi connectivity index (χ1n) is 6.84. The third-order valence-corrected chi connectivity index (χ3v) is 3.75. The topological polar surface area (TPSA) is 18.5 Å². The highest BCUT2D eigenvalue weighted by molar-refractivity contribution is 5.83. The van der Waals surface area contributed by atoms with Crippen LogP contribution in [0.5, 0.6) is 11.5 Å². The molecule has 0 fully saturated rings. The monoisotopic (exact) mass is 266 g/mol. The molecule has 1 aliphatic rings. The fourth-order valence-electron chi connectivity index (χ4n) is 2.75. The zero-order valence-electron chi connectivity index (χ0n) is 11.8. The lowest BCUT2D eigenvalue weighted by Crippen LogP contribution is -2.03. The predicted octanol–water partition coefficient (Wildman–Crippen LogP) is 4.08. The van der Waals surface area contributed by atoms with Gasteiger partial charge < -0.3 is 9.47 Å². The average molecular weight is 266 g/mol. The molecule has 0 saturated carbocycles. The van der Waals surface area contributed by atoms with Crippen LogP contribution in [0.15, 0.2) is 48.5 Å². The first-order chi connectivity index (χ1) is 9.83. The van der Waals surface area contributed by atoms with E-state index in [1.807, 2.05) is 6.07 Å². The number of benzene rings is 2. The molecule has 3 rings (SSSR count). The summed E-state index contributed by atoms with van der Waals surface area (Å²) in [6.07, 6.45) is 4.42. The van der Waals surface area contributed by atoms with E-state index in [9.17, 15) is 0 Å². The number of ether oxygens (including phenoxy) is 2. The van der Waals surface area contributed by atoms with Gasteiger partial charge in [0.1, 0.15) is 0 Å². The maximum Gasteiger partial charge on any atom is 0.161 e. The quantitative estimate of drug-likeness (QED) is 0.833. The fourth-order valence-corrected chi connectivity index (χ4v) is 2.75. The maximum absolute atomic E-state index is 5.43. The van der Waals surface area contributed by atoms with Crippen molar-refractivity contribution in [3.8, 4) is 11.5 Å². The van der Waals surface area contributed by atoms with Gasteiger partial charge in [0, 0.05) is 0 Å². The van der Waals surface area contributed by atoms with Gasteiger partial charge in [0.2, 0.25) is 0 Å². The lowest BCUT2D eigenvalue weighted by molar-refractivity contribution is 0.354. The van der Waals surface area contributed by atoms with Crippen LogP contribution >= 0.6 is 0 Å². The molecule has 2 aromatic carbocycles. The normalized spacial score (nSPS) is 13.4. The minimum Gasteiger partial charge on any atom is -0.493 e. The van der Waals surface area contributed by atoms with Crippen LogP contribution in [0.4, 0.5) is 0 Å². The highest BCUT2D eigenvalue weighted by atomic mass is 16.5. The Morgan fingerprint density at radius 1 is 0.900 bits per heavy atom. The number of hydrogen-bond acceptors (Lipinski definition) is 2. The Kier molecular flexibility index (Phi) is 3.46. The van der Waals surface area contributed by atoms with Crippen LogP contribution in [0.1, 0.15) is 23.1 Å². The molecule has 0 atom stereocenters. The Bertz CT molecular complexity index is 642. The Labute approximate surface area is 119 Å². The van der Waals surface area contributed by atoms with Gasteiger partial charge >= 0.3 is 0 Å². The molecule has 0 aliphatic heterocycles. The van der Waals surface area contributed by atoms with E-state index < -0.39 is 0 Å². The molecule has 0 saturated heterocycles. The molecule has 0 spiro atoms. The van der Waals surface area contributed by atoms with Crippen LogP contribution < -0.4 is 9.47 Å². The van der Waals surface area contributed by atoms with E-state index in [1.54, 1.807) is 14.2 Å². The Hall–Kier alpha value is -2.22. The summed E-state index contributed by atoms with van der Waals surface area (Å²) in [6, 6.07) is 14.7. The standard InChI is InChI=1S/C18H18O2/c1-19-17-11-14-9-6-10-15(13-7-4-3-5-8-13)16(14)12-18(17)20-2/h3-5,7-8,10-12H,6,9H2,1-2H3. The van der Waals surface area contributed by atoms with E-state index in [0.29, 0.717) is 0 Å². The van der Waals surface area contributed by atoms with Gasteiger partial charge in [0.05, 0.1) is 14.2 Å². The van der Waals surface area contributed by atoms with Crippen molar-refractivity contribution in [1.29, 1.82) is 0 Å². The van der Waals surface area contributed by atoms with E-state index >= 15 is 0 Å². The molecular weight excluding hydrogens is 248 g/mol. The largest absolute Gasteiger partial charge is 0.493 e. The molecule has 0 bridgehead atoms. The molecule has 0 aromatic heterocycles. The molecule has 2 nitrogen and oxygen atoms in total. The molecule has 2 aromatic rings. The van der Waals surface area contributed by atoms with Crippen molar-refractivity contribution in [1.82, 2.24) is 0 Å². The smallest absolute Gasteiger partial charge is 0.161 e. The molecule has 0 heterocycles. The van der Waals surface area contributed by atoms with Crippen LogP contribution in [0.2, 0.25) is 0 Å². The third-order valence-electron chi connectivity index (χ3n) is 3.75. The van der Waals surface area contributed by atoms with Crippen molar-refractivity contribution in [2.75, 3.05) is 14.2 Å². The second-order valence-electron chi connectivity index (χ2n) is 4.89. The number of aryl methyl sites for hydroxylation is 1. The number of fused-ring (bicyclic) bond motifs is 1. The van der Waals surface area contributed by atoms with Crippen LogP contribution in [0, 0.1) is 0 Å². The highest BCUT2D eigenvalue weighted by Crippen LogP contribution is 2.38. The van der Waals surface area contributed by atoms with Crippen molar-refractivity contribution >= 4 is 5.57 Å². The molecule has 102 valence electrons. The van der Waals surface area contributed by atoms with Gasteiger partial charge in [-0.25, -0.2) is 0 Å². The summed E-state index contributed by atoms with van der Waals surface area (Å²) >= 11 is 0. The predicted molar refractivity (Wildman–Crippen MR) is 81.4 cm³/mol. The summed E-state index contributed by atoms with van der Waals surface area (Å²) < 4.78 is 10.8. The molecule has 0 radical (unpaired) electrons.